The van der Waals surface area contributed by atoms with Crippen LogP contribution < -0.4 is 10.2 Å². The van der Waals surface area contributed by atoms with E-state index in [1.54, 1.807) is 0 Å². The van der Waals surface area contributed by atoms with Crippen LogP contribution in [0.2, 0.25) is 0 Å². The lowest BCUT2D eigenvalue weighted by Crippen LogP contribution is -2.25. The Morgan fingerprint density at radius 2 is 1.77 bits per heavy atom. The Morgan fingerprint density at radius 1 is 1.03 bits per heavy atom. The summed E-state index contributed by atoms with van der Waals surface area (Å²) < 4.78 is 1.88. The van der Waals surface area contributed by atoms with E-state index in [0.29, 0.717) is 25.1 Å². The van der Waals surface area contributed by atoms with Crippen LogP contribution in [-0.2, 0) is 17.9 Å². The SMILES string of the molecule is Cc1nn(Cc2ccccc2)c(C)c1C(=O)NCc1ccc(N2CCCC2=O)cc1. The number of aromatic nitrogens is 2. The zero-order valence-corrected chi connectivity index (χ0v) is 17.4. The van der Waals surface area contributed by atoms with Crippen LogP contribution in [0.3, 0.4) is 0 Å². The highest BCUT2D eigenvalue weighted by atomic mass is 16.2. The predicted octanol–water partition coefficient (Wildman–Crippen LogP) is 3.61. The number of benzene rings is 2. The molecule has 0 radical (unpaired) electrons. The molecule has 0 atom stereocenters. The molecule has 1 aliphatic heterocycles. The Morgan fingerprint density at radius 3 is 2.43 bits per heavy atom. The van der Waals surface area contributed by atoms with Gasteiger partial charge in [-0.1, -0.05) is 42.5 Å². The summed E-state index contributed by atoms with van der Waals surface area (Å²) >= 11 is 0. The van der Waals surface area contributed by atoms with Crippen LogP contribution in [0.15, 0.2) is 54.6 Å². The van der Waals surface area contributed by atoms with Crippen molar-refractivity contribution in [3.05, 3.63) is 82.7 Å². The van der Waals surface area contributed by atoms with Crippen molar-refractivity contribution >= 4 is 17.5 Å². The van der Waals surface area contributed by atoms with Gasteiger partial charge in [0.2, 0.25) is 5.91 Å². The number of anilines is 1. The molecule has 4 rings (SSSR count). The number of amides is 2. The third kappa shape index (κ3) is 4.13. The molecule has 1 saturated heterocycles. The van der Waals surface area contributed by atoms with Gasteiger partial charge in [0.15, 0.2) is 0 Å². The van der Waals surface area contributed by atoms with Gasteiger partial charge in [-0.15, -0.1) is 0 Å². The Hall–Kier alpha value is -3.41. The fourth-order valence-corrected chi connectivity index (χ4v) is 3.92. The maximum Gasteiger partial charge on any atom is 0.255 e. The first-order chi connectivity index (χ1) is 14.5. The maximum atomic E-state index is 12.8. The van der Waals surface area contributed by atoms with E-state index in [1.165, 1.54) is 0 Å². The molecule has 0 saturated carbocycles. The molecule has 3 aromatic rings. The molecule has 154 valence electrons. The lowest BCUT2D eigenvalue weighted by Gasteiger charge is -2.16. The van der Waals surface area contributed by atoms with Crippen LogP contribution in [0.25, 0.3) is 0 Å². The monoisotopic (exact) mass is 402 g/mol. The summed E-state index contributed by atoms with van der Waals surface area (Å²) in [5, 5.41) is 7.56. The number of nitrogens with one attached hydrogen (secondary N) is 1. The van der Waals surface area contributed by atoms with Gasteiger partial charge in [0.05, 0.1) is 17.8 Å². The fourth-order valence-electron chi connectivity index (χ4n) is 3.92. The normalized spacial score (nSPS) is 13.7. The van der Waals surface area contributed by atoms with Crippen LogP contribution in [-0.4, -0.2) is 28.1 Å². The third-order valence-corrected chi connectivity index (χ3v) is 5.56. The highest BCUT2D eigenvalue weighted by Crippen LogP contribution is 2.22. The van der Waals surface area contributed by atoms with E-state index in [0.717, 1.165) is 41.2 Å². The molecular weight excluding hydrogens is 376 g/mol. The Balaban J connectivity index is 1.41. The van der Waals surface area contributed by atoms with Gasteiger partial charge in [0.25, 0.3) is 5.91 Å². The first-order valence-electron chi connectivity index (χ1n) is 10.3. The number of hydrogen-bond donors (Lipinski definition) is 1. The lowest BCUT2D eigenvalue weighted by atomic mass is 10.1. The van der Waals surface area contributed by atoms with Crippen molar-refractivity contribution in [3.63, 3.8) is 0 Å². The summed E-state index contributed by atoms with van der Waals surface area (Å²) in [5.41, 5.74) is 5.27. The van der Waals surface area contributed by atoms with Crippen molar-refractivity contribution in [2.24, 2.45) is 0 Å². The molecule has 1 aliphatic rings. The summed E-state index contributed by atoms with van der Waals surface area (Å²) in [5.74, 6) is 0.0534. The molecule has 0 spiro atoms. The molecule has 0 aliphatic carbocycles. The first kappa shape index (κ1) is 19.9. The smallest absolute Gasteiger partial charge is 0.255 e. The predicted molar refractivity (Wildman–Crippen MR) is 116 cm³/mol. The summed E-state index contributed by atoms with van der Waals surface area (Å²) in [6, 6.07) is 17.9. The summed E-state index contributed by atoms with van der Waals surface area (Å²) in [4.78, 5) is 26.5. The minimum absolute atomic E-state index is 0.122. The first-order valence-corrected chi connectivity index (χ1v) is 10.3. The van der Waals surface area contributed by atoms with E-state index in [4.69, 9.17) is 0 Å². The summed E-state index contributed by atoms with van der Waals surface area (Å²) in [6.07, 6.45) is 1.53. The van der Waals surface area contributed by atoms with Crippen LogP contribution in [0.5, 0.6) is 0 Å². The van der Waals surface area contributed by atoms with E-state index >= 15 is 0 Å². The van der Waals surface area contributed by atoms with Gasteiger partial charge < -0.3 is 10.2 Å². The van der Waals surface area contributed by atoms with Gasteiger partial charge in [-0.3, -0.25) is 14.3 Å². The molecule has 0 unspecified atom stereocenters. The van der Waals surface area contributed by atoms with Crippen molar-refractivity contribution in [3.8, 4) is 0 Å². The van der Waals surface area contributed by atoms with Crippen molar-refractivity contribution in [1.29, 1.82) is 0 Å². The highest BCUT2D eigenvalue weighted by Gasteiger charge is 2.22. The number of nitrogens with zero attached hydrogens (tertiary/aromatic N) is 3. The van der Waals surface area contributed by atoms with Crippen LogP contribution in [0.4, 0.5) is 5.69 Å². The molecule has 6 nitrogen and oxygen atoms in total. The molecule has 0 bridgehead atoms. The van der Waals surface area contributed by atoms with Gasteiger partial charge >= 0.3 is 0 Å². The number of carbonyl (C=O) groups is 2. The second-order valence-electron chi connectivity index (χ2n) is 7.69. The molecular formula is C24H26N4O2. The Bertz CT molecular complexity index is 1050. The number of rotatable bonds is 6. The average Bonchev–Trinajstić information content (AvgIpc) is 3.30. The Labute approximate surface area is 176 Å². The molecule has 30 heavy (non-hydrogen) atoms. The second kappa shape index (κ2) is 8.53. The fraction of sp³-hybridized carbons (Fsp3) is 0.292. The van der Waals surface area contributed by atoms with E-state index < -0.39 is 0 Å². The number of carbonyl (C=O) groups excluding carboxylic acids is 2. The largest absolute Gasteiger partial charge is 0.348 e. The number of hydrogen-bond acceptors (Lipinski definition) is 3. The minimum Gasteiger partial charge on any atom is -0.348 e. The van der Waals surface area contributed by atoms with Crippen LogP contribution in [0.1, 0.15) is 45.7 Å². The van der Waals surface area contributed by atoms with Gasteiger partial charge in [-0.05, 0) is 43.5 Å². The summed E-state index contributed by atoms with van der Waals surface area (Å²) in [6.45, 7) is 5.64. The molecule has 2 heterocycles. The molecule has 2 aromatic carbocycles. The van der Waals surface area contributed by atoms with Gasteiger partial charge in [0, 0.05) is 30.9 Å². The van der Waals surface area contributed by atoms with Crippen molar-refractivity contribution in [2.75, 3.05) is 11.4 Å². The average molecular weight is 402 g/mol. The molecule has 1 N–H and O–H groups in total. The van der Waals surface area contributed by atoms with Crippen molar-refractivity contribution in [1.82, 2.24) is 15.1 Å². The van der Waals surface area contributed by atoms with E-state index in [2.05, 4.69) is 22.5 Å². The van der Waals surface area contributed by atoms with Gasteiger partial charge in [-0.25, -0.2) is 0 Å². The van der Waals surface area contributed by atoms with E-state index in [1.807, 2.05) is 65.9 Å². The summed E-state index contributed by atoms with van der Waals surface area (Å²) in [7, 11) is 0. The quantitative estimate of drug-likeness (QED) is 0.685. The van der Waals surface area contributed by atoms with Gasteiger partial charge in [-0.2, -0.15) is 5.10 Å². The zero-order chi connectivity index (χ0) is 21.1. The third-order valence-electron chi connectivity index (χ3n) is 5.56. The maximum absolute atomic E-state index is 12.8. The molecule has 1 aromatic heterocycles. The molecule has 6 heteroatoms. The molecule has 2 amide bonds. The van der Waals surface area contributed by atoms with E-state index in [9.17, 15) is 9.59 Å². The van der Waals surface area contributed by atoms with Crippen LogP contribution >= 0.6 is 0 Å². The van der Waals surface area contributed by atoms with Crippen molar-refractivity contribution < 1.29 is 9.59 Å². The lowest BCUT2D eigenvalue weighted by molar-refractivity contribution is -0.117. The standard InChI is InChI=1S/C24H26N4O2/c1-17-23(18(2)28(26-17)16-20-7-4-3-5-8-20)24(30)25-15-19-10-12-21(13-11-19)27-14-6-9-22(27)29/h3-5,7-8,10-13H,6,9,14-16H2,1-2H3,(H,25,30). The number of aryl methyl sites for hydroxylation is 1. The zero-order valence-electron chi connectivity index (χ0n) is 17.4. The second-order valence-corrected chi connectivity index (χ2v) is 7.69. The minimum atomic E-state index is -0.122. The van der Waals surface area contributed by atoms with Crippen LogP contribution in [0, 0.1) is 13.8 Å². The van der Waals surface area contributed by atoms with Crippen molar-refractivity contribution in [2.45, 2.75) is 39.8 Å². The van der Waals surface area contributed by atoms with Gasteiger partial charge in [0.1, 0.15) is 0 Å². The highest BCUT2D eigenvalue weighted by molar-refractivity contribution is 5.96. The Kier molecular flexibility index (Phi) is 5.65. The topological polar surface area (TPSA) is 67.2 Å². The molecule has 1 fully saturated rings. The van der Waals surface area contributed by atoms with E-state index in [-0.39, 0.29) is 11.8 Å².